The minimum atomic E-state index is -0.501. The van der Waals surface area contributed by atoms with Crippen molar-refractivity contribution in [2.24, 2.45) is 0 Å². The molecule has 0 bridgehead atoms. The van der Waals surface area contributed by atoms with Crippen LogP contribution in [0.3, 0.4) is 0 Å². The van der Waals surface area contributed by atoms with Crippen molar-refractivity contribution >= 4 is 17.1 Å². The lowest BCUT2D eigenvalue weighted by molar-refractivity contribution is 0.731. The number of aromatic nitrogens is 3. The average Bonchev–Trinajstić information content (AvgIpc) is 3.21. The molecule has 4 heteroatoms. The first-order valence-corrected chi connectivity index (χ1v) is 16.9. The van der Waals surface area contributed by atoms with Crippen LogP contribution < -0.4 is 4.90 Å². The molecule has 0 fully saturated rings. The van der Waals surface area contributed by atoms with Crippen molar-refractivity contribution in [3.8, 4) is 34.2 Å². The van der Waals surface area contributed by atoms with E-state index in [9.17, 15) is 0 Å². The highest BCUT2D eigenvalue weighted by Crippen LogP contribution is 2.57. The first-order chi connectivity index (χ1) is 24.8. The zero-order valence-corrected chi connectivity index (χ0v) is 27.3. The van der Waals surface area contributed by atoms with Crippen molar-refractivity contribution < 1.29 is 0 Å². The highest BCUT2D eigenvalue weighted by molar-refractivity contribution is 5.89. The van der Waals surface area contributed by atoms with Crippen molar-refractivity contribution in [3.63, 3.8) is 0 Å². The predicted molar refractivity (Wildman–Crippen MR) is 203 cm³/mol. The van der Waals surface area contributed by atoms with Crippen molar-refractivity contribution in [3.05, 3.63) is 216 Å². The summed E-state index contributed by atoms with van der Waals surface area (Å²) in [6, 6.07) is 68.2. The van der Waals surface area contributed by atoms with Gasteiger partial charge >= 0.3 is 0 Å². The lowest BCUT2D eigenvalue weighted by Crippen LogP contribution is -2.37. The molecule has 8 aromatic rings. The Morgan fingerprint density at radius 1 is 0.320 bits per heavy atom. The molecule has 50 heavy (non-hydrogen) atoms. The molecule has 0 spiro atoms. The molecule has 7 aromatic carbocycles. The fraction of sp³-hybridized carbons (Fsp3) is 0.0217. The molecule has 0 atom stereocenters. The van der Waals surface area contributed by atoms with Gasteiger partial charge in [0.05, 0.1) is 16.8 Å². The van der Waals surface area contributed by atoms with E-state index in [0.29, 0.717) is 17.5 Å². The Hall–Kier alpha value is -6.65. The number of nitrogens with zero attached hydrogens (tertiary/aromatic N) is 4. The maximum atomic E-state index is 4.96. The topological polar surface area (TPSA) is 41.9 Å². The summed E-state index contributed by atoms with van der Waals surface area (Å²) < 4.78 is 0. The second-order valence-corrected chi connectivity index (χ2v) is 12.4. The van der Waals surface area contributed by atoms with Crippen LogP contribution in [-0.4, -0.2) is 15.0 Å². The Morgan fingerprint density at radius 3 is 1.08 bits per heavy atom. The Balaban J connectivity index is 1.20. The van der Waals surface area contributed by atoms with Gasteiger partial charge in [0, 0.05) is 22.4 Å². The summed E-state index contributed by atoms with van der Waals surface area (Å²) in [4.78, 5) is 17.2. The SMILES string of the molecule is c1ccc(-c2nc(-c3ccccc3)nc(-c3ccc(N4c5ccccc5C(c5ccccc5)(c5ccccc5)c5ccccc54)cc3)n2)cc1. The van der Waals surface area contributed by atoms with E-state index in [2.05, 4.69) is 138 Å². The molecule has 2 heterocycles. The van der Waals surface area contributed by atoms with Gasteiger partial charge in [-0.15, -0.1) is 0 Å². The van der Waals surface area contributed by atoms with E-state index in [4.69, 9.17) is 15.0 Å². The number of fused-ring (bicyclic) bond motifs is 2. The van der Waals surface area contributed by atoms with Gasteiger partial charge in [0.25, 0.3) is 0 Å². The molecule has 1 aromatic heterocycles. The number of anilines is 3. The highest BCUT2D eigenvalue weighted by Gasteiger charge is 2.46. The van der Waals surface area contributed by atoms with Gasteiger partial charge < -0.3 is 4.90 Å². The lowest BCUT2D eigenvalue weighted by Gasteiger charge is -2.46. The molecule has 0 amide bonds. The van der Waals surface area contributed by atoms with Crippen LogP contribution in [0.2, 0.25) is 0 Å². The smallest absolute Gasteiger partial charge is 0.164 e. The van der Waals surface area contributed by atoms with E-state index >= 15 is 0 Å². The third-order valence-electron chi connectivity index (χ3n) is 9.59. The van der Waals surface area contributed by atoms with Crippen molar-refractivity contribution in [1.82, 2.24) is 15.0 Å². The van der Waals surface area contributed by atoms with Crippen LogP contribution in [0.15, 0.2) is 194 Å². The van der Waals surface area contributed by atoms with Gasteiger partial charge in [-0.05, 0) is 58.7 Å². The van der Waals surface area contributed by atoms with Crippen LogP contribution in [0.1, 0.15) is 22.3 Å². The number of para-hydroxylation sites is 2. The standard InChI is InChI=1S/C46H32N4/c1-5-17-33(18-6-1)43-47-44(34-19-7-2-8-20-34)49-45(48-43)35-29-31-38(32-30-35)50-41-27-15-13-25-39(41)46(36-21-9-3-10-22-36,37-23-11-4-12-24-37)40-26-14-16-28-42(40)50/h1-32H. The van der Waals surface area contributed by atoms with E-state index in [1.165, 1.54) is 22.3 Å². The van der Waals surface area contributed by atoms with E-state index < -0.39 is 5.41 Å². The van der Waals surface area contributed by atoms with Crippen molar-refractivity contribution in [1.29, 1.82) is 0 Å². The largest absolute Gasteiger partial charge is 0.310 e. The summed E-state index contributed by atoms with van der Waals surface area (Å²) in [6.07, 6.45) is 0. The van der Waals surface area contributed by atoms with Crippen LogP contribution in [0.5, 0.6) is 0 Å². The minimum Gasteiger partial charge on any atom is -0.310 e. The molecule has 0 radical (unpaired) electrons. The zero-order chi connectivity index (χ0) is 33.3. The maximum absolute atomic E-state index is 4.96. The summed E-state index contributed by atoms with van der Waals surface area (Å²) in [7, 11) is 0. The maximum Gasteiger partial charge on any atom is 0.164 e. The quantitative estimate of drug-likeness (QED) is 0.181. The van der Waals surface area contributed by atoms with Gasteiger partial charge in [0.1, 0.15) is 0 Å². The first kappa shape index (κ1) is 29.5. The second-order valence-electron chi connectivity index (χ2n) is 12.4. The zero-order valence-electron chi connectivity index (χ0n) is 27.3. The third kappa shape index (κ3) is 4.89. The van der Waals surface area contributed by atoms with Gasteiger partial charge in [-0.3, -0.25) is 0 Å². The van der Waals surface area contributed by atoms with Crippen molar-refractivity contribution in [2.45, 2.75) is 5.41 Å². The Labute approximate surface area is 292 Å². The molecule has 236 valence electrons. The molecular weight excluding hydrogens is 609 g/mol. The molecule has 0 N–H and O–H groups in total. The molecule has 0 saturated carbocycles. The molecule has 1 aliphatic rings. The number of hydrogen-bond donors (Lipinski definition) is 0. The second kappa shape index (κ2) is 12.4. The fourth-order valence-electron chi connectivity index (χ4n) is 7.39. The number of benzene rings is 7. The van der Waals surface area contributed by atoms with Crippen LogP contribution in [0, 0.1) is 0 Å². The Kier molecular flexibility index (Phi) is 7.33. The summed E-state index contributed by atoms with van der Waals surface area (Å²) >= 11 is 0. The summed E-state index contributed by atoms with van der Waals surface area (Å²) in [5.74, 6) is 1.93. The Bertz CT molecular complexity index is 2260. The molecule has 0 unspecified atom stereocenters. The van der Waals surface area contributed by atoms with Gasteiger partial charge in [0.2, 0.25) is 0 Å². The van der Waals surface area contributed by atoms with Gasteiger partial charge in [-0.1, -0.05) is 158 Å². The first-order valence-electron chi connectivity index (χ1n) is 16.9. The van der Waals surface area contributed by atoms with Crippen molar-refractivity contribution in [2.75, 3.05) is 4.90 Å². The van der Waals surface area contributed by atoms with Gasteiger partial charge in [0.15, 0.2) is 17.5 Å². The van der Waals surface area contributed by atoms with Crippen LogP contribution in [0.25, 0.3) is 34.2 Å². The van der Waals surface area contributed by atoms with Crippen LogP contribution in [-0.2, 0) is 5.41 Å². The highest BCUT2D eigenvalue weighted by atomic mass is 15.2. The van der Waals surface area contributed by atoms with Gasteiger partial charge in [-0.2, -0.15) is 0 Å². The Morgan fingerprint density at radius 2 is 0.660 bits per heavy atom. The predicted octanol–water partition coefficient (Wildman–Crippen LogP) is 11.0. The minimum absolute atomic E-state index is 0.501. The van der Waals surface area contributed by atoms with E-state index in [1.54, 1.807) is 0 Å². The molecule has 4 nitrogen and oxygen atoms in total. The molecule has 0 aliphatic carbocycles. The normalized spacial score (nSPS) is 12.9. The van der Waals surface area contributed by atoms with Crippen LogP contribution in [0.4, 0.5) is 17.1 Å². The summed E-state index contributed by atoms with van der Waals surface area (Å²) in [6.45, 7) is 0. The monoisotopic (exact) mass is 640 g/mol. The van der Waals surface area contributed by atoms with E-state index in [1.807, 2.05) is 60.7 Å². The number of rotatable bonds is 6. The summed E-state index contributed by atoms with van der Waals surface area (Å²) in [5.41, 5.74) is 10.6. The molecule has 0 saturated heterocycles. The fourth-order valence-corrected chi connectivity index (χ4v) is 7.39. The van der Waals surface area contributed by atoms with Crippen LogP contribution >= 0.6 is 0 Å². The molecule has 1 aliphatic heterocycles. The number of hydrogen-bond acceptors (Lipinski definition) is 4. The summed E-state index contributed by atoms with van der Waals surface area (Å²) in [5, 5.41) is 0. The van der Waals surface area contributed by atoms with E-state index in [-0.39, 0.29) is 0 Å². The average molecular weight is 641 g/mol. The van der Waals surface area contributed by atoms with E-state index in [0.717, 1.165) is 33.8 Å². The molecule has 9 rings (SSSR count). The molecular formula is C46H32N4. The lowest BCUT2D eigenvalue weighted by atomic mass is 9.62. The third-order valence-corrected chi connectivity index (χ3v) is 9.59. The van der Waals surface area contributed by atoms with Gasteiger partial charge in [-0.25, -0.2) is 15.0 Å².